The second-order valence-electron chi connectivity index (χ2n) is 15.8. The number of thiazole rings is 1. The summed E-state index contributed by atoms with van der Waals surface area (Å²) < 4.78 is 5.81. The maximum atomic E-state index is 14.2. The first-order chi connectivity index (χ1) is 28.5. The Morgan fingerprint density at radius 1 is 0.983 bits per heavy atom. The van der Waals surface area contributed by atoms with Gasteiger partial charge in [0.05, 0.1) is 33.6 Å². The topological polar surface area (TPSA) is 191 Å². The summed E-state index contributed by atoms with van der Waals surface area (Å²) >= 11 is 1.58. The highest BCUT2D eigenvalue weighted by Gasteiger charge is 2.44. The van der Waals surface area contributed by atoms with Gasteiger partial charge >= 0.3 is 0 Å². The molecule has 7 aromatic rings. The monoisotopic (exact) mass is 810 g/mol. The normalized spacial score (nSPS) is 17.5. The Bertz CT molecular complexity index is 2720. The van der Waals surface area contributed by atoms with Crippen molar-refractivity contribution in [2.75, 3.05) is 19.6 Å². The van der Waals surface area contributed by atoms with Gasteiger partial charge in [0, 0.05) is 72.0 Å². The van der Waals surface area contributed by atoms with Gasteiger partial charge in [-0.1, -0.05) is 55.4 Å². The highest BCUT2D eigenvalue weighted by atomic mass is 32.1. The first-order valence-electron chi connectivity index (χ1n) is 19.6. The molecule has 0 radical (unpaired) electrons. The fourth-order valence-corrected chi connectivity index (χ4v) is 9.00. The molecule has 0 spiro atoms. The van der Waals surface area contributed by atoms with Gasteiger partial charge < -0.3 is 34.8 Å². The summed E-state index contributed by atoms with van der Waals surface area (Å²) in [6, 6.07) is 23.2. The number of carbonyl (C=O) groups excluding carboxylic acids is 3. The van der Waals surface area contributed by atoms with Gasteiger partial charge in [-0.15, -0.1) is 21.5 Å². The molecule has 3 atom stereocenters. The fourth-order valence-electron chi connectivity index (χ4n) is 8.18. The number of H-pyrrole nitrogens is 1. The minimum absolute atomic E-state index is 0.0409. The lowest BCUT2D eigenvalue weighted by molar-refractivity contribution is -0.141. The first kappa shape index (κ1) is 38.1. The van der Waals surface area contributed by atoms with Crippen molar-refractivity contribution in [2.45, 2.75) is 57.7 Å². The van der Waals surface area contributed by atoms with Gasteiger partial charge in [0.2, 0.25) is 11.8 Å². The largest absolute Gasteiger partial charge is 0.507 e. The summed E-state index contributed by atoms with van der Waals surface area (Å²) in [4.78, 5) is 53.3. The lowest BCUT2D eigenvalue weighted by atomic mass is 9.89. The van der Waals surface area contributed by atoms with E-state index in [4.69, 9.17) is 4.52 Å². The molecule has 4 N–H and O–H groups in total. The highest BCUT2D eigenvalue weighted by molar-refractivity contribution is 7.13. The standard InChI is InChI=1S/C44H42N8O6S/c1-23(2)39(44(57)52-21-29(53)15-36(52)42(55)45-18-25-8-10-26(11-9-25)40-24(3)46-22-59-40)38-17-34(50-58-38)28-19-51(20-28)43(56)27-12-13-33-31(14-27)32-16-35(48-49-41(32)47-33)30-6-4-5-7-37(30)54/h4-14,16-17,22-23,28-29,36,39,53-54H,15,18-21H2,1-3H3,(H,45,55)(H,47,49)/t29-,36+,39+/m1/s1. The van der Waals surface area contributed by atoms with E-state index in [1.165, 1.54) is 4.90 Å². The van der Waals surface area contributed by atoms with Crippen molar-refractivity contribution >= 4 is 51.0 Å². The number of amides is 3. The molecule has 0 aliphatic carbocycles. The fraction of sp³-hybridized carbons (Fsp3) is 0.295. The number of hydrogen-bond donors (Lipinski definition) is 4. The minimum Gasteiger partial charge on any atom is -0.507 e. The number of phenolic OH excluding ortho intramolecular Hbond substituents is 1. The molecular formula is C44H42N8O6S. The number of aliphatic hydroxyl groups excluding tert-OH is 1. The van der Waals surface area contributed by atoms with E-state index in [-0.39, 0.29) is 54.8 Å². The van der Waals surface area contributed by atoms with Crippen LogP contribution in [-0.4, -0.2) is 94.8 Å². The number of para-hydroxylation sites is 1. The Morgan fingerprint density at radius 2 is 1.78 bits per heavy atom. The summed E-state index contributed by atoms with van der Waals surface area (Å²) in [7, 11) is 0. The van der Waals surface area contributed by atoms with Crippen LogP contribution in [0, 0.1) is 12.8 Å². The maximum Gasteiger partial charge on any atom is 0.253 e. The molecule has 3 amide bonds. The van der Waals surface area contributed by atoms with Crippen LogP contribution in [-0.2, 0) is 16.1 Å². The van der Waals surface area contributed by atoms with Crippen LogP contribution < -0.4 is 5.32 Å². The lowest BCUT2D eigenvalue weighted by Crippen LogP contribution is -2.48. The molecule has 2 fully saturated rings. The van der Waals surface area contributed by atoms with E-state index in [1.54, 1.807) is 46.6 Å². The number of carbonyl (C=O) groups is 3. The van der Waals surface area contributed by atoms with E-state index in [1.807, 2.05) is 74.8 Å². The van der Waals surface area contributed by atoms with Crippen LogP contribution in [0.5, 0.6) is 5.75 Å². The van der Waals surface area contributed by atoms with Gasteiger partial charge in [-0.05, 0) is 60.4 Å². The molecule has 0 bridgehead atoms. The second-order valence-corrected chi connectivity index (χ2v) is 16.6. The average molecular weight is 811 g/mol. The molecular weight excluding hydrogens is 769 g/mol. The summed E-state index contributed by atoms with van der Waals surface area (Å²) in [5.74, 6) is -1.27. The number of fused-ring (bicyclic) bond motifs is 3. The number of likely N-dealkylation sites (tertiary alicyclic amines) is 2. The van der Waals surface area contributed by atoms with Crippen LogP contribution in [0.1, 0.15) is 65.2 Å². The Kier molecular flexibility index (Phi) is 9.93. The molecule has 2 aliphatic rings. The highest BCUT2D eigenvalue weighted by Crippen LogP contribution is 2.36. The summed E-state index contributed by atoms with van der Waals surface area (Å²) in [5.41, 5.74) is 8.41. The van der Waals surface area contributed by atoms with Crippen LogP contribution in [0.4, 0.5) is 0 Å². The number of hydrogen-bond acceptors (Lipinski definition) is 11. The Hall–Kier alpha value is -6.45. The van der Waals surface area contributed by atoms with E-state index in [9.17, 15) is 24.6 Å². The molecule has 3 aromatic carbocycles. The third-order valence-electron chi connectivity index (χ3n) is 11.4. The Balaban J connectivity index is 0.848. The van der Waals surface area contributed by atoms with Crippen molar-refractivity contribution in [2.24, 2.45) is 5.92 Å². The molecule has 2 aliphatic heterocycles. The molecule has 300 valence electrons. The molecule has 9 rings (SSSR count). The summed E-state index contributed by atoms with van der Waals surface area (Å²) in [6.45, 7) is 6.97. The van der Waals surface area contributed by atoms with Crippen molar-refractivity contribution in [1.82, 2.24) is 40.4 Å². The Morgan fingerprint density at radius 3 is 2.53 bits per heavy atom. The number of aromatic amines is 1. The van der Waals surface area contributed by atoms with Crippen LogP contribution in [0.3, 0.4) is 0 Å². The van der Waals surface area contributed by atoms with Gasteiger partial charge in [0.1, 0.15) is 23.5 Å². The summed E-state index contributed by atoms with van der Waals surface area (Å²) in [6.07, 6.45) is -0.694. The second kappa shape index (κ2) is 15.4. The van der Waals surface area contributed by atoms with Crippen LogP contribution in [0.25, 0.3) is 43.6 Å². The number of rotatable bonds is 10. The quantitative estimate of drug-likeness (QED) is 0.124. The number of nitrogens with one attached hydrogen (secondary N) is 2. The van der Waals surface area contributed by atoms with E-state index in [0.29, 0.717) is 47.0 Å². The Labute approximate surface area is 342 Å². The molecule has 15 heteroatoms. The van der Waals surface area contributed by atoms with Crippen molar-refractivity contribution in [1.29, 1.82) is 0 Å². The number of aromatic hydroxyl groups is 1. The zero-order chi connectivity index (χ0) is 40.9. The molecule has 0 saturated carbocycles. The van der Waals surface area contributed by atoms with Crippen molar-refractivity contribution in [3.63, 3.8) is 0 Å². The number of aromatic nitrogens is 5. The van der Waals surface area contributed by atoms with Crippen molar-refractivity contribution < 1.29 is 29.1 Å². The van der Waals surface area contributed by atoms with Gasteiger partial charge in [-0.3, -0.25) is 14.4 Å². The van der Waals surface area contributed by atoms with E-state index >= 15 is 0 Å². The lowest BCUT2D eigenvalue weighted by Gasteiger charge is -2.38. The zero-order valence-corrected chi connectivity index (χ0v) is 33.4. The molecule has 4 aromatic heterocycles. The average Bonchev–Trinajstić information content (AvgIpc) is 4.03. The van der Waals surface area contributed by atoms with E-state index < -0.39 is 18.1 Å². The van der Waals surface area contributed by atoms with Crippen LogP contribution in [0.2, 0.25) is 0 Å². The molecule has 0 unspecified atom stereocenters. The molecule has 59 heavy (non-hydrogen) atoms. The molecule has 14 nitrogen and oxygen atoms in total. The number of nitrogens with zero attached hydrogens (tertiary/aromatic N) is 6. The third kappa shape index (κ3) is 7.20. The maximum absolute atomic E-state index is 14.2. The van der Waals surface area contributed by atoms with Crippen molar-refractivity contribution in [3.05, 3.63) is 113 Å². The molecule has 6 heterocycles. The number of phenols is 1. The van der Waals surface area contributed by atoms with E-state index in [0.717, 1.165) is 38.0 Å². The SMILES string of the molecule is Cc1ncsc1-c1ccc(CNC(=O)[C@@H]2C[C@@H](O)CN2C(=O)[C@H](c2cc(C3CN(C(=O)c4ccc5[nH]c6nnc(-c7ccccc7O)cc6c5c4)C3)no2)C(C)C)cc1. The van der Waals surface area contributed by atoms with Gasteiger partial charge in [-0.2, -0.15) is 0 Å². The predicted molar refractivity (Wildman–Crippen MR) is 221 cm³/mol. The van der Waals surface area contributed by atoms with Crippen molar-refractivity contribution in [3.8, 4) is 27.4 Å². The third-order valence-corrected chi connectivity index (χ3v) is 12.4. The van der Waals surface area contributed by atoms with E-state index in [2.05, 4.69) is 30.6 Å². The van der Waals surface area contributed by atoms with Crippen LogP contribution in [0.15, 0.2) is 88.9 Å². The van der Waals surface area contributed by atoms with Gasteiger partial charge in [0.25, 0.3) is 5.91 Å². The van der Waals surface area contributed by atoms with Gasteiger partial charge in [-0.25, -0.2) is 4.98 Å². The zero-order valence-electron chi connectivity index (χ0n) is 32.6. The summed E-state index contributed by atoms with van der Waals surface area (Å²) in [5, 5.41) is 38.6. The van der Waals surface area contributed by atoms with Crippen LogP contribution >= 0.6 is 11.3 Å². The van der Waals surface area contributed by atoms with Gasteiger partial charge in [0.15, 0.2) is 5.65 Å². The number of β-amino-alcohol motifs (C(OH)–C–C–N with tert-alkyl or cyclic N) is 1. The number of aliphatic hydroxyl groups is 1. The molecule has 2 saturated heterocycles. The number of aryl methyl sites for hydroxylation is 1. The number of benzene rings is 3. The smallest absolute Gasteiger partial charge is 0.253 e. The first-order valence-corrected chi connectivity index (χ1v) is 20.5. The predicted octanol–water partition coefficient (Wildman–Crippen LogP) is 6.16. The minimum atomic E-state index is -0.834.